The molecule has 10 nitrogen and oxygen atoms in total. The first kappa shape index (κ1) is 21.4. The number of ether oxygens (including phenoxy) is 1. The van der Waals surface area contributed by atoms with E-state index in [2.05, 4.69) is 20.3 Å². The van der Waals surface area contributed by atoms with Crippen molar-refractivity contribution in [1.29, 1.82) is 0 Å². The Morgan fingerprint density at radius 1 is 1.25 bits per heavy atom. The van der Waals surface area contributed by atoms with Gasteiger partial charge in [0.25, 0.3) is 0 Å². The van der Waals surface area contributed by atoms with Crippen molar-refractivity contribution < 1.29 is 14.5 Å². The molecule has 0 saturated carbocycles. The van der Waals surface area contributed by atoms with Crippen LogP contribution >= 0.6 is 0 Å². The predicted molar refractivity (Wildman–Crippen MR) is 120 cm³/mol. The molecule has 1 aromatic carbocycles. The Labute approximate surface area is 184 Å². The van der Waals surface area contributed by atoms with Crippen LogP contribution in [-0.2, 0) is 9.53 Å². The van der Waals surface area contributed by atoms with Gasteiger partial charge in [0.1, 0.15) is 6.33 Å². The van der Waals surface area contributed by atoms with Crippen LogP contribution in [0, 0.1) is 23.0 Å². The Kier molecular flexibility index (Phi) is 6.11. The number of esters is 1. The van der Waals surface area contributed by atoms with Gasteiger partial charge in [-0.05, 0) is 38.8 Å². The zero-order valence-electron chi connectivity index (χ0n) is 17.9. The number of nitrogens with one attached hydrogen (secondary N) is 1. The molecule has 0 radical (unpaired) electrons. The lowest BCUT2D eigenvalue weighted by molar-refractivity contribution is -0.383. The monoisotopic (exact) mass is 436 g/mol. The lowest BCUT2D eigenvalue weighted by Crippen LogP contribution is -2.37. The molecule has 0 spiro atoms. The van der Waals surface area contributed by atoms with Gasteiger partial charge in [-0.25, -0.2) is 9.97 Å². The smallest absolute Gasteiger partial charge is 0.353 e. The largest absolute Gasteiger partial charge is 0.466 e. The van der Waals surface area contributed by atoms with Crippen LogP contribution in [0.2, 0.25) is 0 Å². The number of carbonyl (C=O) groups excluding carboxylic acids is 1. The number of pyridine rings is 1. The molecule has 10 heteroatoms. The summed E-state index contributed by atoms with van der Waals surface area (Å²) < 4.78 is 5.11. The van der Waals surface area contributed by atoms with E-state index in [1.807, 2.05) is 42.2 Å². The molecule has 0 atom stereocenters. The Bertz CT molecular complexity index is 1160. The van der Waals surface area contributed by atoms with Crippen molar-refractivity contribution >= 4 is 39.9 Å². The number of para-hydroxylation sites is 1. The summed E-state index contributed by atoms with van der Waals surface area (Å²) in [5, 5.41) is 16.0. The number of rotatable bonds is 6. The van der Waals surface area contributed by atoms with E-state index in [0.29, 0.717) is 43.7 Å². The van der Waals surface area contributed by atoms with Crippen LogP contribution in [0.3, 0.4) is 0 Å². The third-order valence-corrected chi connectivity index (χ3v) is 5.51. The molecule has 166 valence electrons. The topological polar surface area (TPSA) is 123 Å². The molecule has 1 saturated heterocycles. The molecule has 2 aromatic heterocycles. The van der Waals surface area contributed by atoms with Gasteiger partial charge in [0.2, 0.25) is 11.6 Å². The van der Waals surface area contributed by atoms with E-state index >= 15 is 0 Å². The van der Waals surface area contributed by atoms with E-state index < -0.39 is 4.92 Å². The van der Waals surface area contributed by atoms with Crippen LogP contribution in [0.4, 0.5) is 23.0 Å². The van der Waals surface area contributed by atoms with Crippen LogP contribution in [0.5, 0.6) is 0 Å². The molecular weight excluding hydrogens is 412 g/mol. The summed E-state index contributed by atoms with van der Waals surface area (Å²) >= 11 is 0. The quantitative estimate of drug-likeness (QED) is 0.349. The summed E-state index contributed by atoms with van der Waals surface area (Å²) in [5.41, 5.74) is 1.97. The molecule has 0 unspecified atom stereocenters. The van der Waals surface area contributed by atoms with Gasteiger partial charge < -0.3 is 15.0 Å². The average Bonchev–Trinajstić information content (AvgIpc) is 2.79. The fourth-order valence-corrected chi connectivity index (χ4v) is 3.92. The number of nitrogens with zero attached hydrogens (tertiary/aromatic N) is 5. The minimum absolute atomic E-state index is 0.100. The number of nitro groups is 1. The first-order chi connectivity index (χ1) is 15.5. The second-order valence-electron chi connectivity index (χ2n) is 7.62. The number of carbonyl (C=O) groups is 1. The highest BCUT2D eigenvalue weighted by molar-refractivity contribution is 5.93. The van der Waals surface area contributed by atoms with Gasteiger partial charge in [-0.3, -0.25) is 19.9 Å². The third-order valence-electron chi connectivity index (χ3n) is 5.51. The number of hydrogen-bond donors (Lipinski definition) is 1. The Hall–Kier alpha value is -3.82. The van der Waals surface area contributed by atoms with Gasteiger partial charge in [0.15, 0.2) is 0 Å². The van der Waals surface area contributed by atoms with Crippen molar-refractivity contribution in [2.75, 3.05) is 29.9 Å². The lowest BCUT2D eigenvalue weighted by atomic mass is 9.97. The minimum Gasteiger partial charge on any atom is -0.466 e. The van der Waals surface area contributed by atoms with Crippen LogP contribution < -0.4 is 10.2 Å². The molecule has 1 aliphatic rings. The summed E-state index contributed by atoms with van der Waals surface area (Å²) in [5.74, 6) is -0.0809. The highest BCUT2D eigenvalue weighted by Crippen LogP contribution is 2.36. The summed E-state index contributed by atoms with van der Waals surface area (Å²) in [6, 6.07) is 9.47. The highest BCUT2D eigenvalue weighted by atomic mass is 16.6. The van der Waals surface area contributed by atoms with E-state index in [4.69, 9.17) is 4.74 Å². The molecule has 3 heterocycles. The van der Waals surface area contributed by atoms with Gasteiger partial charge >= 0.3 is 11.7 Å². The first-order valence-corrected chi connectivity index (χ1v) is 10.5. The van der Waals surface area contributed by atoms with Crippen molar-refractivity contribution in [3.8, 4) is 0 Å². The van der Waals surface area contributed by atoms with Gasteiger partial charge in [-0.1, -0.05) is 18.2 Å². The van der Waals surface area contributed by atoms with Gasteiger partial charge in [0, 0.05) is 24.2 Å². The number of aryl methyl sites for hydroxylation is 1. The van der Waals surface area contributed by atoms with Crippen LogP contribution in [0.15, 0.2) is 36.7 Å². The van der Waals surface area contributed by atoms with Gasteiger partial charge in [-0.2, -0.15) is 0 Å². The van der Waals surface area contributed by atoms with Crippen LogP contribution in [0.1, 0.15) is 25.5 Å². The Morgan fingerprint density at radius 2 is 2.03 bits per heavy atom. The highest BCUT2D eigenvalue weighted by Gasteiger charge is 2.32. The zero-order valence-corrected chi connectivity index (χ0v) is 17.9. The minimum atomic E-state index is -0.473. The Morgan fingerprint density at radius 3 is 2.75 bits per heavy atom. The molecular formula is C22H24N6O4. The fraction of sp³-hybridized carbons (Fsp3) is 0.364. The van der Waals surface area contributed by atoms with E-state index in [1.165, 1.54) is 6.33 Å². The fourth-order valence-electron chi connectivity index (χ4n) is 3.92. The second kappa shape index (κ2) is 9.13. The molecule has 32 heavy (non-hydrogen) atoms. The molecule has 0 bridgehead atoms. The normalized spacial score (nSPS) is 14.4. The summed E-state index contributed by atoms with van der Waals surface area (Å²) in [6.45, 7) is 4.94. The summed E-state index contributed by atoms with van der Waals surface area (Å²) in [6.07, 6.45) is 2.41. The van der Waals surface area contributed by atoms with Crippen molar-refractivity contribution in [2.45, 2.75) is 26.7 Å². The summed E-state index contributed by atoms with van der Waals surface area (Å²) in [4.78, 5) is 38.3. The summed E-state index contributed by atoms with van der Waals surface area (Å²) in [7, 11) is 0. The van der Waals surface area contributed by atoms with Crippen molar-refractivity contribution in [2.24, 2.45) is 5.92 Å². The first-order valence-electron chi connectivity index (χ1n) is 10.5. The van der Waals surface area contributed by atoms with E-state index in [1.54, 1.807) is 6.92 Å². The number of aromatic nitrogens is 3. The van der Waals surface area contributed by atoms with E-state index in [0.717, 1.165) is 11.1 Å². The van der Waals surface area contributed by atoms with Crippen molar-refractivity contribution in [1.82, 2.24) is 15.0 Å². The van der Waals surface area contributed by atoms with Crippen LogP contribution in [-0.4, -0.2) is 45.5 Å². The predicted octanol–water partition coefficient (Wildman–Crippen LogP) is 3.76. The Balaban J connectivity index is 1.64. The second-order valence-corrected chi connectivity index (χ2v) is 7.62. The average molecular weight is 436 g/mol. The van der Waals surface area contributed by atoms with Gasteiger partial charge in [0.05, 0.1) is 28.7 Å². The molecule has 1 aliphatic heterocycles. The lowest BCUT2D eigenvalue weighted by Gasteiger charge is -2.31. The van der Waals surface area contributed by atoms with E-state index in [-0.39, 0.29) is 29.2 Å². The zero-order chi connectivity index (χ0) is 22.7. The maximum atomic E-state index is 12.0. The van der Waals surface area contributed by atoms with E-state index in [9.17, 15) is 14.9 Å². The number of hydrogen-bond acceptors (Lipinski definition) is 9. The SMILES string of the molecule is CCOC(=O)C1CCN(c2ncnc(Nc3cccc4ccc(C)nc34)c2[N+](=O)[O-])CC1. The maximum Gasteiger partial charge on any atom is 0.353 e. The molecule has 1 fully saturated rings. The van der Waals surface area contributed by atoms with Crippen LogP contribution in [0.25, 0.3) is 10.9 Å². The maximum absolute atomic E-state index is 12.0. The molecule has 4 rings (SSSR count). The number of benzene rings is 1. The van der Waals surface area contributed by atoms with Gasteiger partial charge in [-0.15, -0.1) is 0 Å². The molecule has 0 aliphatic carbocycles. The third kappa shape index (κ3) is 4.29. The standard InChI is InChI=1S/C22H24N6O4/c1-3-32-22(29)16-9-11-27(12-10-16)21-19(28(30)31)20(23-13-24-21)26-17-6-4-5-15-8-7-14(2)25-18(15)17/h4-8,13,16H,3,9-12H2,1-2H3,(H,23,24,26). The number of anilines is 3. The van der Waals surface area contributed by atoms with Crippen molar-refractivity contribution in [3.05, 3.63) is 52.5 Å². The number of fused-ring (bicyclic) bond motifs is 1. The number of piperidine rings is 1. The van der Waals surface area contributed by atoms with Crippen molar-refractivity contribution in [3.63, 3.8) is 0 Å². The molecule has 3 aromatic rings. The molecule has 1 N–H and O–H groups in total. The molecule has 0 amide bonds.